The Kier molecular flexibility index (Phi) is 7.24. The number of hydrogen-bond donors (Lipinski definition) is 0. The third kappa shape index (κ3) is 4.37. The van der Waals surface area contributed by atoms with Crippen LogP contribution in [0.25, 0.3) is 103 Å². The van der Waals surface area contributed by atoms with E-state index in [0.717, 1.165) is 38.4 Å². The lowest BCUT2D eigenvalue weighted by Gasteiger charge is -2.22. The summed E-state index contributed by atoms with van der Waals surface area (Å²) in [6, 6.07) is 32.6. The molecule has 11 rings (SSSR count). The van der Waals surface area contributed by atoms with Crippen LogP contribution in [-0.4, -0.2) is 14.2 Å². The fraction of sp³-hybridized carbons (Fsp3) is 0.174. The molecule has 0 fully saturated rings. The van der Waals surface area contributed by atoms with Gasteiger partial charge in [-0.3, -0.25) is 9.59 Å². The van der Waals surface area contributed by atoms with E-state index in [4.69, 9.17) is 46.4 Å². The Bertz CT molecular complexity index is 3140. The van der Waals surface area contributed by atoms with E-state index in [9.17, 15) is 9.59 Å². The van der Waals surface area contributed by atoms with E-state index in [1.54, 1.807) is 0 Å². The molecular formula is C46H31Cl4NO2. The molecule has 0 saturated carbocycles. The largest absolute Gasteiger partial charge is 0.268 e. The van der Waals surface area contributed by atoms with Crippen LogP contribution in [0.1, 0.15) is 50.7 Å². The summed E-state index contributed by atoms with van der Waals surface area (Å²) < 4.78 is 1.47. The highest BCUT2D eigenvalue weighted by atomic mass is 35.5. The molecule has 260 valence electrons. The summed E-state index contributed by atoms with van der Waals surface area (Å²) >= 11 is 20.5. The third-order valence-corrected chi connectivity index (χ3v) is 13.0. The van der Waals surface area contributed by atoms with Crippen molar-refractivity contribution in [3.63, 3.8) is 0 Å². The van der Waals surface area contributed by atoms with Crippen molar-refractivity contribution >= 4 is 143 Å². The number of halogens is 4. The number of pyridine rings is 1. The van der Waals surface area contributed by atoms with E-state index in [-0.39, 0.29) is 23.0 Å². The summed E-state index contributed by atoms with van der Waals surface area (Å²) in [7, 11) is 0. The van der Waals surface area contributed by atoms with E-state index in [0.29, 0.717) is 10.8 Å². The van der Waals surface area contributed by atoms with Gasteiger partial charge in [-0.05, 0) is 128 Å². The Balaban J connectivity index is 0.000000541. The van der Waals surface area contributed by atoms with E-state index in [1.165, 1.54) is 69.2 Å². The quantitative estimate of drug-likeness (QED) is 0.102. The molecule has 0 saturated heterocycles. The number of hydrogen-bond acceptors (Lipinski definition) is 2. The van der Waals surface area contributed by atoms with Crippen molar-refractivity contribution in [3.05, 3.63) is 123 Å². The molecule has 7 heteroatoms. The second-order valence-corrected chi connectivity index (χ2v) is 17.3. The normalized spacial score (nSPS) is 13.0. The summed E-state index contributed by atoms with van der Waals surface area (Å²) in [6.45, 7) is 8.49. The molecule has 1 aromatic heterocycles. The lowest BCUT2D eigenvalue weighted by atomic mass is 9.85. The molecule has 0 aliphatic rings. The standard InChI is InChI=1S/C44H29NO2.C2H2Cl4/c1-20(2)26-6-5-7-27(21(3)4)42(26)45-43(46)30-16-14-28-32-18-24-12-10-22-8-9-23-11-13-25-19-33(29-15-17-31(44(45)47)39(30)38(28)29)40(32)41-36(24)34(22)35(23)37(25)41;3-1(4)2(5)6/h5-21H,1-4H3;1-2H. The number of para-hydroxylation sites is 1. The average molecular weight is 772 g/mol. The van der Waals surface area contributed by atoms with Gasteiger partial charge < -0.3 is 0 Å². The smallest absolute Gasteiger partial charge is 0.266 e. The van der Waals surface area contributed by atoms with Gasteiger partial charge in [0.25, 0.3) is 11.1 Å². The maximum Gasteiger partial charge on any atom is 0.266 e. The van der Waals surface area contributed by atoms with E-state index in [1.807, 2.05) is 18.2 Å². The molecule has 10 aromatic carbocycles. The van der Waals surface area contributed by atoms with E-state index < -0.39 is 9.67 Å². The van der Waals surface area contributed by atoms with Crippen LogP contribution >= 0.6 is 46.4 Å². The molecule has 0 unspecified atom stereocenters. The number of fused-ring (bicyclic) bond motifs is 2. The third-order valence-electron chi connectivity index (χ3n) is 11.5. The van der Waals surface area contributed by atoms with Crippen molar-refractivity contribution in [2.75, 3.05) is 0 Å². The molecule has 0 amide bonds. The highest BCUT2D eigenvalue weighted by molar-refractivity contribution is 6.57. The maximum absolute atomic E-state index is 14.7. The van der Waals surface area contributed by atoms with Gasteiger partial charge in [0.1, 0.15) is 9.67 Å². The van der Waals surface area contributed by atoms with Crippen LogP contribution in [0, 0.1) is 0 Å². The Labute approximate surface area is 323 Å². The second kappa shape index (κ2) is 11.6. The van der Waals surface area contributed by atoms with Gasteiger partial charge in [-0.2, -0.15) is 0 Å². The predicted molar refractivity (Wildman–Crippen MR) is 231 cm³/mol. The van der Waals surface area contributed by atoms with E-state index >= 15 is 0 Å². The number of benzene rings is 9. The number of aromatic nitrogens is 1. The molecule has 11 aromatic rings. The van der Waals surface area contributed by atoms with Gasteiger partial charge in [0, 0.05) is 16.2 Å². The first-order chi connectivity index (χ1) is 25.5. The zero-order valence-corrected chi connectivity index (χ0v) is 32.3. The van der Waals surface area contributed by atoms with Crippen LogP contribution < -0.4 is 11.1 Å². The summed E-state index contributed by atoms with van der Waals surface area (Å²) in [5, 5.41) is 20.6. The van der Waals surface area contributed by atoms with Gasteiger partial charge in [-0.25, -0.2) is 4.57 Å². The zero-order chi connectivity index (χ0) is 36.8. The van der Waals surface area contributed by atoms with Crippen LogP contribution in [0.2, 0.25) is 0 Å². The summed E-state index contributed by atoms with van der Waals surface area (Å²) in [6.07, 6.45) is 0. The number of rotatable bonds is 4. The van der Waals surface area contributed by atoms with Gasteiger partial charge in [0.05, 0.1) is 5.69 Å². The highest BCUT2D eigenvalue weighted by Gasteiger charge is 2.27. The minimum absolute atomic E-state index is 0.152. The molecule has 0 spiro atoms. The predicted octanol–water partition coefficient (Wildman–Crippen LogP) is 13.6. The van der Waals surface area contributed by atoms with Crippen molar-refractivity contribution in [2.24, 2.45) is 0 Å². The van der Waals surface area contributed by atoms with Gasteiger partial charge in [0.2, 0.25) is 0 Å². The monoisotopic (exact) mass is 769 g/mol. The molecule has 1 heterocycles. The van der Waals surface area contributed by atoms with Crippen molar-refractivity contribution in [3.8, 4) is 5.69 Å². The lowest BCUT2D eigenvalue weighted by Crippen LogP contribution is -2.33. The minimum Gasteiger partial charge on any atom is -0.268 e. The fourth-order valence-electron chi connectivity index (χ4n) is 9.32. The molecule has 3 nitrogen and oxygen atoms in total. The Morgan fingerprint density at radius 2 is 0.774 bits per heavy atom. The van der Waals surface area contributed by atoms with Crippen LogP contribution in [0.15, 0.2) is 101 Å². The lowest BCUT2D eigenvalue weighted by molar-refractivity contribution is 0.793. The molecule has 0 N–H and O–H groups in total. The van der Waals surface area contributed by atoms with Crippen LogP contribution in [0.5, 0.6) is 0 Å². The Morgan fingerprint density at radius 1 is 0.415 bits per heavy atom. The molecule has 53 heavy (non-hydrogen) atoms. The number of alkyl halides is 4. The number of nitrogens with zero attached hydrogens (tertiary/aromatic N) is 1. The first-order valence-corrected chi connectivity index (χ1v) is 19.6. The van der Waals surface area contributed by atoms with Crippen LogP contribution in [0.3, 0.4) is 0 Å². The van der Waals surface area contributed by atoms with Crippen LogP contribution in [0.4, 0.5) is 0 Å². The van der Waals surface area contributed by atoms with Gasteiger partial charge in [-0.15, -0.1) is 46.4 Å². The van der Waals surface area contributed by atoms with Crippen molar-refractivity contribution in [1.82, 2.24) is 4.57 Å². The molecule has 0 radical (unpaired) electrons. The zero-order valence-electron chi connectivity index (χ0n) is 29.2. The minimum atomic E-state index is -0.673. The highest BCUT2D eigenvalue weighted by Crippen LogP contribution is 2.53. The molecule has 0 aliphatic carbocycles. The van der Waals surface area contributed by atoms with Crippen molar-refractivity contribution in [2.45, 2.75) is 49.2 Å². The maximum atomic E-state index is 14.7. The van der Waals surface area contributed by atoms with Gasteiger partial charge >= 0.3 is 0 Å². The van der Waals surface area contributed by atoms with Gasteiger partial charge in [-0.1, -0.05) is 94.4 Å². The Hall–Kier alpha value is -4.38. The molecule has 0 aliphatic heterocycles. The topological polar surface area (TPSA) is 39.1 Å². The van der Waals surface area contributed by atoms with Crippen molar-refractivity contribution in [1.29, 1.82) is 0 Å². The van der Waals surface area contributed by atoms with Gasteiger partial charge in [0.15, 0.2) is 0 Å². The molecule has 0 bridgehead atoms. The van der Waals surface area contributed by atoms with Crippen molar-refractivity contribution < 1.29 is 0 Å². The van der Waals surface area contributed by atoms with Crippen LogP contribution in [-0.2, 0) is 0 Å². The molecular weight excluding hydrogens is 740 g/mol. The SMILES string of the molecule is CC(C)c1cccc(C(C)C)c1-n1c(=O)c2ccc3c4cc5ccc6ccc7ccc8cc(c9ccc(c1=O)c2c39)c4c1c5c6c7c81.ClC(Cl)C(Cl)Cl. The Morgan fingerprint density at radius 3 is 1.19 bits per heavy atom. The average Bonchev–Trinajstić information content (AvgIpc) is 3.52. The second-order valence-electron chi connectivity index (χ2n) is 15.0. The first kappa shape index (κ1) is 33.2. The first-order valence-electron chi connectivity index (χ1n) is 17.9. The summed E-state index contributed by atoms with van der Waals surface area (Å²) in [4.78, 5) is 28.0. The fourth-order valence-corrected chi connectivity index (χ4v) is 9.32. The van der Waals surface area contributed by atoms with E-state index in [2.05, 4.69) is 100 Å². The summed E-state index contributed by atoms with van der Waals surface area (Å²) in [5.41, 5.74) is 2.29. The summed E-state index contributed by atoms with van der Waals surface area (Å²) in [5.74, 6) is 0.304. The molecule has 0 atom stereocenters.